The molecule has 0 radical (unpaired) electrons. The van der Waals surface area contributed by atoms with Gasteiger partial charge in [-0.2, -0.15) is 0 Å². The smallest absolute Gasteiger partial charge is 0.0486 e. The fourth-order valence-corrected chi connectivity index (χ4v) is 3.21. The Morgan fingerprint density at radius 1 is 1.32 bits per heavy atom. The van der Waals surface area contributed by atoms with Crippen LogP contribution in [0.3, 0.4) is 0 Å². The van der Waals surface area contributed by atoms with E-state index < -0.39 is 0 Å². The fraction of sp³-hybridized carbons (Fsp3) is 0.600. The second-order valence-electron chi connectivity index (χ2n) is 5.62. The summed E-state index contributed by atoms with van der Waals surface area (Å²) in [6.07, 6.45) is 1.13. The van der Waals surface area contributed by atoms with Crippen molar-refractivity contribution in [2.24, 2.45) is 5.92 Å². The van der Waals surface area contributed by atoms with Gasteiger partial charge in [0.25, 0.3) is 0 Å². The molecule has 19 heavy (non-hydrogen) atoms. The van der Waals surface area contributed by atoms with E-state index in [0.29, 0.717) is 12.0 Å². The van der Waals surface area contributed by atoms with Crippen LogP contribution >= 0.6 is 15.9 Å². The van der Waals surface area contributed by atoms with E-state index in [9.17, 15) is 5.11 Å². The molecule has 4 heteroatoms. The third-order valence-corrected chi connectivity index (χ3v) is 4.52. The second kappa shape index (κ2) is 6.84. The third kappa shape index (κ3) is 4.02. The molecule has 1 heterocycles. The predicted octanol–water partition coefficient (Wildman–Crippen LogP) is 2.19. The lowest BCUT2D eigenvalue weighted by molar-refractivity contribution is 0.0454. The Morgan fingerprint density at radius 2 is 2.00 bits per heavy atom. The largest absolute Gasteiger partial charge is 0.396 e. The van der Waals surface area contributed by atoms with Crippen LogP contribution in [0.5, 0.6) is 0 Å². The standard InChI is InChI=1S/C15H23BrN2O/c1-17(2)15-7-8-18(10-13(15)11-19)9-12-3-5-14(16)6-4-12/h3-6,13,15,19H,7-11H2,1-2H3. The molecule has 1 saturated heterocycles. The van der Waals surface area contributed by atoms with Gasteiger partial charge in [0.15, 0.2) is 0 Å². The lowest BCUT2D eigenvalue weighted by Crippen LogP contribution is -2.49. The van der Waals surface area contributed by atoms with Crippen LogP contribution in [0, 0.1) is 5.92 Å². The highest BCUT2D eigenvalue weighted by Crippen LogP contribution is 2.22. The van der Waals surface area contributed by atoms with Gasteiger partial charge in [0.1, 0.15) is 0 Å². The van der Waals surface area contributed by atoms with Crippen molar-refractivity contribution in [1.29, 1.82) is 0 Å². The number of likely N-dealkylation sites (tertiary alicyclic amines) is 1. The first-order valence-corrected chi connectivity index (χ1v) is 7.63. The number of aliphatic hydroxyl groups excluding tert-OH is 1. The fourth-order valence-electron chi connectivity index (χ4n) is 2.95. The summed E-state index contributed by atoms with van der Waals surface area (Å²) in [5.41, 5.74) is 1.34. The van der Waals surface area contributed by atoms with Crippen LogP contribution in [0.25, 0.3) is 0 Å². The molecule has 1 aliphatic rings. The zero-order valence-corrected chi connectivity index (χ0v) is 13.3. The maximum atomic E-state index is 9.57. The lowest BCUT2D eigenvalue weighted by Gasteiger charge is -2.40. The van der Waals surface area contributed by atoms with Gasteiger partial charge in [-0.1, -0.05) is 28.1 Å². The summed E-state index contributed by atoms with van der Waals surface area (Å²) in [4.78, 5) is 4.70. The molecule has 0 aliphatic carbocycles. The predicted molar refractivity (Wildman–Crippen MR) is 82.1 cm³/mol. The second-order valence-corrected chi connectivity index (χ2v) is 6.54. The summed E-state index contributed by atoms with van der Waals surface area (Å²) in [5.74, 6) is 0.360. The van der Waals surface area contributed by atoms with Gasteiger partial charge < -0.3 is 10.0 Å². The van der Waals surface area contributed by atoms with Crippen LogP contribution in [0.2, 0.25) is 0 Å². The van der Waals surface area contributed by atoms with Gasteiger partial charge in [-0.3, -0.25) is 4.90 Å². The summed E-state index contributed by atoms with van der Waals surface area (Å²) in [7, 11) is 4.22. The van der Waals surface area contributed by atoms with Crippen molar-refractivity contribution < 1.29 is 5.11 Å². The minimum atomic E-state index is 0.277. The molecule has 1 N–H and O–H groups in total. The van der Waals surface area contributed by atoms with Crippen molar-refractivity contribution in [2.45, 2.75) is 19.0 Å². The first kappa shape index (κ1) is 15.0. The van der Waals surface area contributed by atoms with Gasteiger partial charge >= 0.3 is 0 Å². The molecule has 1 aromatic carbocycles. The molecule has 0 amide bonds. The number of aliphatic hydroxyl groups is 1. The van der Waals surface area contributed by atoms with Crippen LogP contribution in [0.4, 0.5) is 0 Å². The Hall–Kier alpha value is -0.420. The van der Waals surface area contributed by atoms with Crippen LogP contribution in [-0.2, 0) is 6.54 Å². The highest BCUT2D eigenvalue weighted by atomic mass is 79.9. The highest BCUT2D eigenvalue weighted by molar-refractivity contribution is 9.10. The van der Waals surface area contributed by atoms with E-state index in [4.69, 9.17) is 0 Å². The molecule has 0 aromatic heterocycles. The van der Waals surface area contributed by atoms with Crippen molar-refractivity contribution in [3.05, 3.63) is 34.3 Å². The van der Waals surface area contributed by atoms with E-state index >= 15 is 0 Å². The van der Waals surface area contributed by atoms with Gasteiger partial charge in [-0.15, -0.1) is 0 Å². The number of hydrogen-bond acceptors (Lipinski definition) is 3. The summed E-state index contributed by atoms with van der Waals surface area (Å²) in [5, 5.41) is 9.57. The molecule has 0 saturated carbocycles. The maximum Gasteiger partial charge on any atom is 0.0486 e. The molecule has 0 bridgehead atoms. The number of nitrogens with zero attached hydrogens (tertiary/aromatic N) is 2. The Labute approximate surface area is 124 Å². The van der Waals surface area contributed by atoms with E-state index in [1.807, 2.05) is 0 Å². The first-order chi connectivity index (χ1) is 9.10. The number of halogens is 1. The summed E-state index contributed by atoms with van der Waals surface area (Å²) in [6.45, 7) is 3.34. The summed E-state index contributed by atoms with van der Waals surface area (Å²) >= 11 is 3.46. The average molecular weight is 327 g/mol. The van der Waals surface area contributed by atoms with E-state index in [1.165, 1.54) is 5.56 Å². The van der Waals surface area contributed by atoms with Crippen LogP contribution < -0.4 is 0 Å². The quantitative estimate of drug-likeness (QED) is 0.918. The monoisotopic (exact) mass is 326 g/mol. The molecule has 2 unspecified atom stereocenters. The van der Waals surface area contributed by atoms with Crippen LogP contribution in [0.1, 0.15) is 12.0 Å². The van der Waals surface area contributed by atoms with E-state index in [2.05, 4.69) is 64.1 Å². The molecule has 0 spiro atoms. The number of benzene rings is 1. The Kier molecular flexibility index (Phi) is 5.39. The first-order valence-electron chi connectivity index (χ1n) is 6.84. The molecule has 1 fully saturated rings. The summed E-state index contributed by atoms with van der Waals surface area (Å²) < 4.78 is 1.12. The zero-order valence-electron chi connectivity index (χ0n) is 11.7. The molecular weight excluding hydrogens is 304 g/mol. The zero-order chi connectivity index (χ0) is 13.8. The maximum absolute atomic E-state index is 9.57. The Morgan fingerprint density at radius 3 is 2.58 bits per heavy atom. The van der Waals surface area contributed by atoms with Crippen LogP contribution in [-0.4, -0.2) is 54.7 Å². The van der Waals surface area contributed by atoms with Gasteiger partial charge in [-0.25, -0.2) is 0 Å². The van der Waals surface area contributed by atoms with Crippen molar-refractivity contribution in [1.82, 2.24) is 9.80 Å². The minimum Gasteiger partial charge on any atom is -0.396 e. The van der Waals surface area contributed by atoms with Crippen molar-refractivity contribution >= 4 is 15.9 Å². The van der Waals surface area contributed by atoms with Gasteiger partial charge in [0.2, 0.25) is 0 Å². The third-order valence-electron chi connectivity index (χ3n) is 4.00. The van der Waals surface area contributed by atoms with Gasteiger partial charge in [0.05, 0.1) is 0 Å². The number of hydrogen-bond donors (Lipinski definition) is 1. The molecule has 1 aromatic rings. The Bertz CT molecular complexity index is 394. The van der Waals surface area contributed by atoms with Crippen molar-refractivity contribution in [3.63, 3.8) is 0 Å². The molecule has 1 aliphatic heterocycles. The normalized spacial score (nSPS) is 24.9. The van der Waals surface area contributed by atoms with Crippen LogP contribution in [0.15, 0.2) is 28.7 Å². The SMILES string of the molecule is CN(C)C1CCN(Cc2ccc(Br)cc2)CC1CO. The van der Waals surface area contributed by atoms with Gasteiger partial charge in [0, 0.05) is 36.1 Å². The molecule has 2 rings (SSSR count). The van der Waals surface area contributed by atoms with E-state index in [-0.39, 0.29) is 6.61 Å². The summed E-state index contributed by atoms with van der Waals surface area (Å²) in [6, 6.07) is 9.01. The lowest BCUT2D eigenvalue weighted by atomic mass is 9.91. The topological polar surface area (TPSA) is 26.7 Å². The van der Waals surface area contributed by atoms with Crippen molar-refractivity contribution in [2.75, 3.05) is 33.8 Å². The molecule has 106 valence electrons. The molecular formula is C15H23BrN2O. The van der Waals surface area contributed by atoms with E-state index in [1.54, 1.807) is 0 Å². The minimum absolute atomic E-state index is 0.277. The highest BCUT2D eigenvalue weighted by Gasteiger charge is 2.29. The molecule has 3 nitrogen and oxygen atoms in total. The van der Waals surface area contributed by atoms with Crippen molar-refractivity contribution in [3.8, 4) is 0 Å². The molecule has 2 atom stereocenters. The van der Waals surface area contributed by atoms with E-state index in [0.717, 1.165) is 30.5 Å². The number of piperidine rings is 1. The van der Waals surface area contributed by atoms with Gasteiger partial charge in [-0.05, 0) is 44.8 Å². The average Bonchev–Trinajstić information content (AvgIpc) is 2.41. The number of rotatable bonds is 4. The Balaban J connectivity index is 1.94.